The van der Waals surface area contributed by atoms with Crippen molar-refractivity contribution in [3.05, 3.63) is 57.1 Å². The molecule has 3 nitrogen and oxygen atoms in total. The number of benzene rings is 2. The minimum absolute atomic E-state index is 0.0257. The molecule has 21 heavy (non-hydrogen) atoms. The average molecular weight is 345 g/mol. The van der Waals surface area contributed by atoms with Gasteiger partial charge in [-0.3, -0.25) is 4.79 Å². The third kappa shape index (κ3) is 2.44. The second kappa shape index (κ2) is 5.19. The Bertz CT molecular complexity index is 740. The highest BCUT2D eigenvalue weighted by Crippen LogP contribution is 2.33. The molecule has 2 aromatic rings. The summed E-state index contributed by atoms with van der Waals surface area (Å²) in [6, 6.07) is 9.71. The number of aryl methyl sites for hydroxylation is 2. The van der Waals surface area contributed by atoms with Crippen LogP contribution in [0, 0.1) is 13.8 Å². The summed E-state index contributed by atoms with van der Waals surface area (Å²) in [7, 11) is 0. The minimum Gasteiger partial charge on any atom is -0.398 e. The topological polar surface area (TPSA) is 46.3 Å². The van der Waals surface area contributed by atoms with E-state index in [0.29, 0.717) is 12.1 Å². The molecule has 0 bridgehead atoms. The number of anilines is 2. The van der Waals surface area contributed by atoms with Gasteiger partial charge in [-0.05, 0) is 55.2 Å². The molecular formula is C17H17BrN2O. The lowest BCUT2D eigenvalue weighted by atomic mass is 10.1. The number of nitrogens with two attached hydrogens (primary N) is 1. The number of rotatable bonds is 1. The van der Waals surface area contributed by atoms with Gasteiger partial charge in [-0.2, -0.15) is 0 Å². The van der Waals surface area contributed by atoms with E-state index in [0.717, 1.165) is 33.4 Å². The van der Waals surface area contributed by atoms with E-state index in [1.807, 2.05) is 43.0 Å². The molecule has 0 fully saturated rings. The van der Waals surface area contributed by atoms with Crippen molar-refractivity contribution >= 4 is 33.2 Å². The molecule has 0 atom stereocenters. The summed E-state index contributed by atoms with van der Waals surface area (Å²) in [5.74, 6) is 0.0257. The van der Waals surface area contributed by atoms with Crippen LogP contribution in [0.15, 0.2) is 34.8 Å². The Kier molecular flexibility index (Phi) is 3.49. The number of amides is 1. The third-order valence-corrected chi connectivity index (χ3v) is 4.88. The molecule has 1 aliphatic heterocycles. The van der Waals surface area contributed by atoms with E-state index in [-0.39, 0.29) is 5.91 Å². The Balaban J connectivity index is 1.98. The molecule has 2 aromatic carbocycles. The molecule has 0 radical (unpaired) electrons. The van der Waals surface area contributed by atoms with Crippen molar-refractivity contribution in [2.75, 3.05) is 17.2 Å². The fourth-order valence-electron chi connectivity index (χ4n) is 2.67. The Morgan fingerprint density at radius 3 is 2.67 bits per heavy atom. The molecule has 0 spiro atoms. The van der Waals surface area contributed by atoms with Crippen LogP contribution in [0.1, 0.15) is 27.0 Å². The summed E-state index contributed by atoms with van der Waals surface area (Å²) in [4.78, 5) is 14.6. The molecule has 0 saturated carbocycles. The quantitative estimate of drug-likeness (QED) is 0.798. The monoisotopic (exact) mass is 344 g/mol. The smallest absolute Gasteiger partial charge is 0.258 e. The molecule has 4 heteroatoms. The molecule has 0 aliphatic carbocycles. The second-order valence-corrected chi connectivity index (χ2v) is 6.36. The molecule has 1 amide bonds. The van der Waals surface area contributed by atoms with Crippen LogP contribution in [0.5, 0.6) is 0 Å². The van der Waals surface area contributed by atoms with Crippen molar-refractivity contribution in [2.24, 2.45) is 0 Å². The van der Waals surface area contributed by atoms with Gasteiger partial charge in [0, 0.05) is 28.0 Å². The molecule has 0 unspecified atom stereocenters. The third-order valence-electron chi connectivity index (χ3n) is 4.03. The maximum atomic E-state index is 12.7. The first-order valence-corrected chi connectivity index (χ1v) is 7.73. The van der Waals surface area contributed by atoms with Crippen LogP contribution in [0.2, 0.25) is 0 Å². The number of carbonyl (C=O) groups excluding carboxylic acids is 1. The average Bonchev–Trinajstić information content (AvgIpc) is 2.84. The summed E-state index contributed by atoms with van der Waals surface area (Å²) in [6.07, 6.45) is 0.884. The van der Waals surface area contributed by atoms with Gasteiger partial charge in [-0.15, -0.1) is 0 Å². The maximum absolute atomic E-state index is 12.7. The molecule has 0 saturated heterocycles. The first-order chi connectivity index (χ1) is 9.97. The summed E-state index contributed by atoms with van der Waals surface area (Å²) in [6.45, 7) is 4.71. The fraction of sp³-hybridized carbons (Fsp3) is 0.235. The molecular weight excluding hydrogens is 328 g/mol. The highest BCUT2D eigenvalue weighted by atomic mass is 79.9. The number of nitrogens with zero attached hydrogens (tertiary/aromatic N) is 1. The summed E-state index contributed by atoms with van der Waals surface area (Å²) in [5.41, 5.74) is 11.8. The lowest BCUT2D eigenvalue weighted by Gasteiger charge is -2.18. The van der Waals surface area contributed by atoms with Crippen LogP contribution >= 0.6 is 15.9 Å². The predicted octanol–water partition coefficient (Wildman–Crippen LogP) is 3.85. The van der Waals surface area contributed by atoms with E-state index in [9.17, 15) is 4.79 Å². The van der Waals surface area contributed by atoms with Crippen LogP contribution in [-0.4, -0.2) is 12.5 Å². The van der Waals surface area contributed by atoms with E-state index in [1.54, 1.807) is 0 Å². The van der Waals surface area contributed by atoms with Crippen LogP contribution in [0.25, 0.3) is 0 Å². The Hall–Kier alpha value is -1.81. The number of hydrogen-bond acceptors (Lipinski definition) is 2. The maximum Gasteiger partial charge on any atom is 0.258 e. The summed E-state index contributed by atoms with van der Waals surface area (Å²) in [5, 5.41) is 0. The zero-order valence-electron chi connectivity index (χ0n) is 12.1. The van der Waals surface area contributed by atoms with Crippen molar-refractivity contribution in [1.82, 2.24) is 0 Å². The number of hydrogen-bond donors (Lipinski definition) is 1. The van der Waals surface area contributed by atoms with Crippen LogP contribution in [0.4, 0.5) is 11.4 Å². The SMILES string of the molecule is Cc1cc2c(cc1N)N(C(=O)c1ccc(C)c(Br)c1)CC2. The van der Waals surface area contributed by atoms with Crippen molar-refractivity contribution in [3.63, 3.8) is 0 Å². The molecule has 1 aliphatic rings. The van der Waals surface area contributed by atoms with E-state index < -0.39 is 0 Å². The highest BCUT2D eigenvalue weighted by molar-refractivity contribution is 9.10. The van der Waals surface area contributed by atoms with Crippen LogP contribution in [0.3, 0.4) is 0 Å². The van der Waals surface area contributed by atoms with Gasteiger partial charge in [-0.1, -0.05) is 28.1 Å². The largest absolute Gasteiger partial charge is 0.398 e. The van der Waals surface area contributed by atoms with Gasteiger partial charge in [-0.25, -0.2) is 0 Å². The fourth-order valence-corrected chi connectivity index (χ4v) is 3.05. The normalized spacial score (nSPS) is 13.4. The minimum atomic E-state index is 0.0257. The standard InChI is InChI=1S/C17H17BrN2O/c1-10-3-4-13(8-14(10)18)17(21)20-6-5-12-7-11(2)15(19)9-16(12)20/h3-4,7-9H,5-6,19H2,1-2H3. The Morgan fingerprint density at radius 1 is 1.19 bits per heavy atom. The summed E-state index contributed by atoms with van der Waals surface area (Å²) < 4.78 is 0.955. The van der Waals surface area contributed by atoms with Crippen LogP contribution in [-0.2, 0) is 6.42 Å². The number of halogens is 1. The van der Waals surface area contributed by atoms with E-state index in [2.05, 4.69) is 22.0 Å². The van der Waals surface area contributed by atoms with Crippen molar-refractivity contribution in [1.29, 1.82) is 0 Å². The number of carbonyl (C=O) groups is 1. The van der Waals surface area contributed by atoms with Gasteiger partial charge >= 0.3 is 0 Å². The lowest BCUT2D eigenvalue weighted by molar-refractivity contribution is 0.0989. The van der Waals surface area contributed by atoms with E-state index in [1.165, 1.54) is 5.56 Å². The molecule has 1 heterocycles. The predicted molar refractivity (Wildman–Crippen MR) is 89.9 cm³/mol. The zero-order valence-corrected chi connectivity index (χ0v) is 13.7. The number of nitrogen functional groups attached to an aromatic ring is 1. The zero-order chi connectivity index (χ0) is 15.1. The first-order valence-electron chi connectivity index (χ1n) is 6.94. The lowest BCUT2D eigenvalue weighted by Crippen LogP contribution is -2.29. The van der Waals surface area contributed by atoms with Crippen molar-refractivity contribution in [2.45, 2.75) is 20.3 Å². The Morgan fingerprint density at radius 2 is 1.95 bits per heavy atom. The van der Waals surface area contributed by atoms with E-state index >= 15 is 0 Å². The van der Waals surface area contributed by atoms with Gasteiger partial charge in [0.1, 0.15) is 0 Å². The first kappa shape index (κ1) is 14.1. The Labute approximate surface area is 132 Å². The second-order valence-electron chi connectivity index (χ2n) is 5.51. The highest BCUT2D eigenvalue weighted by Gasteiger charge is 2.26. The molecule has 0 aromatic heterocycles. The number of fused-ring (bicyclic) bond motifs is 1. The van der Waals surface area contributed by atoms with Crippen LogP contribution < -0.4 is 10.6 Å². The van der Waals surface area contributed by atoms with Gasteiger partial charge in [0.15, 0.2) is 0 Å². The van der Waals surface area contributed by atoms with Gasteiger partial charge < -0.3 is 10.6 Å². The summed E-state index contributed by atoms with van der Waals surface area (Å²) >= 11 is 3.49. The molecule has 3 rings (SSSR count). The van der Waals surface area contributed by atoms with Gasteiger partial charge in [0.2, 0.25) is 0 Å². The van der Waals surface area contributed by atoms with Crippen molar-refractivity contribution in [3.8, 4) is 0 Å². The molecule has 2 N–H and O–H groups in total. The van der Waals surface area contributed by atoms with Gasteiger partial charge in [0.25, 0.3) is 5.91 Å². The van der Waals surface area contributed by atoms with Crippen molar-refractivity contribution < 1.29 is 4.79 Å². The van der Waals surface area contributed by atoms with Gasteiger partial charge in [0.05, 0.1) is 0 Å². The van der Waals surface area contributed by atoms with E-state index in [4.69, 9.17) is 5.73 Å². The molecule has 108 valence electrons.